The van der Waals surface area contributed by atoms with Crippen molar-refractivity contribution in [3.8, 4) is 0 Å². The number of fused-ring (bicyclic) bond motifs is 1. The summed E-state index contributed by atoms with van der Waals surface area (Å²) in [5.41, 5.74) is 3.60. The van der Waals surface area contributed by atoms with E-state index in [9.17, 15) is 4.79 Å². The van der Waals surface area contributed by atoms with Gasteiger partial charge in [-0.1, -0.05) is 6.07 Å². The van der Waals surface area contributed by atoms with Gasteiger partial charge in [-0.05, 0) is 76.7 Å². The highest BCUT2D eigenvalue weighted by atomic mass is 79.9. The van der Waals surface area contributed by atoms with Crippen LogP contribution in [-0.2, 0) is 17.6 Å². The summed E-state index contributed by atoms with van der Waals surface area (Å²) in [7, 11) is 0. The van der Waals surface area contributed by atoms with Gasteiger partial charge in [-0.15, -0.1) is 0 Å². The highest BCUT2D eigenvalue weighted by Gasteiger charge is 2.11. The van der Waals surface area contributed by atoms with Crippen molar-refractivity contribution in [3.05, 3.63) is 58.0 Å². The Hall–Kier alpha value is -1.81. The summed E-state index contributed by atoms with van der Waals surface area (Å²) >= 11 is 3.22. The summed E-state index contributed by atoms with van der Waals surface area (Å²) in [5, 5.41) is 2.87. The lowest BCUT2D eigenvalue weighted by Crippen LogP contribution is -2.07. The van der Waals surface area contributed by atoms with Crippen LogP contribution in [0, 0.1) is 0 Å². The molecular weight excluding hydrogens is 318 g/mol. The van der Waals surface area contributed by atoms with Gasteiger partial charge >= 0.3 is 0 Å². The quantitative estimate of drug-likeness (QED) is 0.857. The molecule has 3 nitrogen and oxygen atoms in total. The molecule has 1 N–H and O–H groups in total. The van der Waals surface area contributed by atoms with Crippen molar-refractivity contribution in [1.29, 1.82) is 0 Å². The normalized spacial score (nSPS) is 13.7. The Bertz CT molecular complexity index is 673. The zero-order valence-corrected chi connectivity index (χ0v) is 12.4. The van der Waals surface area contributed by atoms with Crippen molar-refractivity contribution >= 4 is 33.6 Å². The van der Waals surface area contributed by atoms with E-state index in [0.29, 0.717) is 10.4 Å². The van der Waals surface area contributed by atoms with Gasteiger partial charge in [-0.25, -0.2) is 0 Å². The average Bonchev–Trinajstić information content (AvgIpc) is 3.04. The molecule has 4 heteroatoms. The molecule has 102 valence electrons. The number of halogens is 1. The maximum absolute atomic E-state index is 11.8. The second-order valence-corrected chi connectivity index (χ2v) is 5.58. The fourth-order valence-electron chi connectivity index (χ4n) is 2.41. The number of rotatable bonds is 3. The molecule has 0 unspecified atom stereocenters. The van der Waals surface area contributed by atoms with Crippen LogP contribution in [0.3, 0.4) is 0 Å². The van der Waals surface area contributed by atoms with Crippen LogP contribution in [0.2, 0.25) is 0 Å². The third-order valence-electron chi connectivity index (χ3n) is 3.36. The molecule has 1 amide bonds. The van der Waals surface area contributed by atoms with Gasteiger partial charge in [-0.2, -0.15) is 0 Å². The largest absolute Gasteiger partial charge is 0.450 e. The molecule has 1 aliphatic rings. The number of benzene rings is 1. The van der Waals surface area contributed by atoms with Crippen LogP contribution in [0.4, 0.5) is 5.69 Å². The summed E-state index contributed by atoms with van der Waals surface area (Å²) < 4.78 is 5.94. The molecule has 1 aliphatic carbocycles. The summed E-state index contributed by atoms with van der Waals surface area (Å²) in [4.78, 5) is 11.8. The predicted octanol–water partition coefficient (Wildman–Crippen LogP) is 4.18. The zero-order chi connectivity index (χ0) is 13.9. The van der Waals surface area contributed by atoms with Crippen molar-refractivity contribution in [2.24, 2.45) is 0 Å². The molecule has 0 bridgehead atoms. The van der Waals surface area contributed by atoms with E-state index in [2.05, 4.69) is 33.4 Å². The van der Waals surface area contributed by atoms with Crippen LogP contribution >= 0.6 is 15.9 Å². The molecule has 0 fully saturated rings. The van der Waals surface area contributed by atoms with Crippen molar-refractivity contribution in [2.75, 3.05) is 5.32 Å². The Morgan fingerprint density at radius 1 is 1.20 bits per heavy atom. The van der Waals surface area contributed by atoms with Crippen molar-refractivity contribution in [3.63, 3.8) is 0 Å². The summed E-state index contributed by atoms with van der Waals surface area (Å²) in [6.45, 7) is 0. The second-order valence-electron chi connectivity index (χ2n) is 4.80. The van der Waals surface area contributed by atoms with Crippen LogP contribution in [0.1, 0.15) is 23.3 Å². The maximum Gasteiger partial charge on any atom is 0.248 e. The van der Waals surface area contributed by atoms with Gasteiger partial charge in [-0.3, -0.25) is 4.79 Å². The third-order valence-corrected chi connectivity index (χ3v) is 3.79. The van der Waals surface area contributed by atoms with Gasteiger partial charge in [0, 0.05) is 11.8 Å². The highest BCUT2D eigenvalue weighted by Crippen LogP contribution is 2.24. The Morgan fingerprint density at radius 2 is 2.05 bits per heavy atom. The number of carbonyl (C=O) groups excluding carboxylic acids is 1. The lowest BCUT2D eigenvalue weighted by molar-refractivity contribution is -0.111. The molecular formula is C16H14BrNO2. The van der Waals surface area contributed by atoms with Gasteiger partial charge in [0.05, 0.1) is 0 Å². The molecule has 0 saturated carbocycles. The lowest BCUT2D eigenvalue weighted by atomic mass is 10.1. The fourth-order valence-corrected chi connectivity index (χ4v) is 2.73. The van der Waals surface area contributed by atoms with Gasteiger partial charge < -0.3 is 9.73 Å². The molecule has 0 atom stereocenters. The number of nitrogens with one attached hydrogen (secondary N) is 1. The molecule has 2 aromatic rings. The minimum atomic E-state index is -0.157. The predicted molar refractivity (Wildman–Crippen MR) is 82.5 cm³/mol. The van der Waals surface area contributed by atoms with E-state index >= 15 is 0 Å². The first-order valence-electron chi connectivity index (χ1n) is 6.57. The van der Waals surface area contributed by atoms with E-state index in [0.717, 1.165) is 18.5 Å². The Labute approximate surface area is 125 Å². The summed E-state index contributed by atoms with van der Waals surface area (Å²) in [6.07, 6.45) is 6.58. The van der Waals surface area contributed by atoms with Crippen molar-refractivity contribution < 1.29 is 9.21 Å². The van der Waals surface area contributed by atoms with E-state index < -0.39 is 0 Å². The number of aryl methyl sites for hydroxylation is 2. The van der Waals surface area contributed by atoms with Crippen LogP contribution in [0.25, 0.3) is 6.08 Å². The van der Waals surface area contributed by atoms with Gasteiger partial charge in [0.2, 0.25) is 5.91 Å². The number of furan rings is 1. The van der Waals surface area contributed by atoms with Crippen LogP contribution in [0.5, 0.6) is 0 Å². The van der Waals surface area contributed by atoms with Crippen molar-refractivity contribution in [1.82, 2.24) is 0 Å². The Kier molecular flexibility index (Phi) is 3.74. The average molecular weight is 332 g/mol. The topological polar surface area (TPSA) is 42.2 Å². The van der Waals surface area contributed by atoms with Crippen LogP contribution in [-0.4, -0.2) is 5.91 Å². The van der Waals surface area contributed by atoms with Gasteiger partial charge in [0.1, 0.15) is 5.76 Å². The highest BCUT2D eigenvalue weighted by molar-refractivity contribution is 9.10. The third kappa shape index (κ3) is 3.02. The first kappa shape index (κ1) is 13.2. The lowest BCUT2D eigenvalue weighted by Gasteiger charge is -2.05. The number of carbonyl (C=O) groups is 1. The summed E-state index contributed by atoms with van der Waals surface area (Å²) in [6, 6.07) is 9.71. The maximum atomic E-state index is 11.8. The fraction of sp³-hybridized carbons (Fsp3) is 0.188. The van der Waals surface area contributed by atoms with Crippen molar-refractivity contribution in [2.45, 2.75) is 19.3 Å². The zero-order valence-electron chi connectivity index (χ0n) is 10.9. The first-order valence-corrected chi connectivity index (χ1v) is 7.36. The molecule has 1 aromatic carbocycles. The van der Waals surface area contributed by atoms with E-state index in [4.69, 9.17) is 4.42 Å². The first-order chi connectivity index (χ1) is 9.70. The van der Waals surface area contributed by atoms with E-state index in [1.807, 2.05) is 6.07 Å². The molecule has 0 radical (unpaired) electrons. The monoisotopic (exact) mass is 331 g/mol. The standard InChI is InChI=1S/C16H14BrNO2/c17-15-8-6-14(20-15)7-9-16(19)18-13-5-4-11-2-1-3-12(11)10-13/h4-10H,1-3H2,(H,18,19)/b9-7+. The molecule has 1 aromatic heterocycles. The molecule has 0 saturated heterocycles. The SMILES string of the molecule is O=C(/C=C/c1ccc(Br)o1)Nc1ccc2c(c1)CCC2. The molecule has 0 spiro atoms. The van der Waals surface area contributed by atoms with E-state index in [-0.39, 0.29) is 5.91 Å². The minimum absolute atomic E-state index is 0.157. The number of anilines is 1. The van der Waals surface area contributed by atoms with Crippen LogP contribution < -0.4 is 5.32 Å². The van der Waals surface area contributed by atoms with E-state index in [1.165, 1.54) is 23.6 Å². The number of hydrogen-bond donors (Lipinski definition) is 1. The molecule has 20 heavy (non-hydrogen) atoms. The second kappa shape index (κ2) is 5.67. The summed E-state index contributed by atoms with van der Waals surface area (Å²) in [5.74, 6) is 0.483. The Morgan fingerprint density at radius 3 is 2.85 bits per heavy atom. The van der Waals surface area contributed by atoms with Gasteiger partial charge in [0.15, 0.2) is 4.67 Å². The minimum Gasteiger partial charge on any atom is -0.450 e. The number of amides is 1. The molecule has 3 rings (SSSR count). The molecule has 1 heterocycles. The number of hydrogen-bond acceptors (Lipinski definition) is 2. The smallest absolute Gasteiger partial charge is 0.248 e. The Balaban J connectivity index is 1.65. The van der Waals surface area contributed by atoms with E-state index in [1.54, 1.807) is 18.2 Å². The van der Waals surface area contributed by atoms with Gasteiger partial charge in [0.25, 0.3) is 0 Å². The van der Waals surface area contributed by atoms with Crippen LogP contribution in [0.15, 0.2) is 45.5 Å². The molecule has 0 aliphatic heterocycles.